The second-order valence-corrected chi connectivity index (χ2v) is 8.20. The number of H-pyrrole nitrogens is 1. The topological polar surface area (TPSA) is 110 Å². The van der Waals surface area contributed by atoms with Crippen molar-refractivity contribution in [1.82, 2.24) is 15.3 Å². The van der Waals surface area contributed by atoms with Crippen LogP contribution in [0.1, 0.15) is 76.0 Å². The van der Waals surface area contributed by atoms with Gasteiger partial charge in [-0.3, -0.25) is 9.59 Å². The highest BCUT2D eigenvalue weighted by molar-refractivity contribution is 5.98. The Morgan fingerprint density at radius 1 is 1.12 bits per heavy atom. The first-order valence-electron chi connectivity index (χ1n) is 12.2. The lowest BCUT2D eigenvalue weighted by Gasteiger charge is -2.22. The fourth-order valence-corrected chi connectivity index (χ4v) is 3.65. The van der Waals surface area contributed by atoms with Gasteiger partial charge in [0, 0.05) is 11.1 Å². The second kappa shape index (κ2) is 12.9. The summed E-state index contributed by atoms with van der Waals surface area (Å²) in [7, 11) is 0. The molecule has 186 valence electrons. The summed E-state index contributed by atoms with van der Waals surface area (Å²) in [6.45, 7) is 12.2. The van der Waals surface area contributed by atoms with E-state index >= 15 is 0 Å². The van der Waals surface area contributed by atoms with E-state index in [1.54, 1.807) is 25.1 Å². The Kier molecular flexibility index (Phi) is 10.3. The number of aromatic amines is 1. The van der Waals surface area contributed by atoms with Gasteiger partial charge in [0.25, 0.3) is 11.5 Å². The summed E-state index contributed by atoms with van der Waals surface area (Å²) in [4.78, 5) is 45.8. The number of rotatable bonds is 12. The molecule has 34 heavy (non-hydrogen) atoms. The Morgan fingerprint density at radius 2 is 1.85 bits per heavy atom. The summed E-state index contributed by atoms with van der Waals surface area (Å²) in [5.74, 6) is -0.0892. The molecule has 1 aromatic carbocycles. The van der Waals surface area contributed by atoms with E-state index in [0.717, 1.165) is 12.1 Å². The molecule has 2 unspecified atom stereocenters. The number of ether oxygens (including phenoxy) is 2. The molecular weight excluding hydrogens is 434 g/mol. The molecule has 0 fully saturated rings. The summed E-state index contributed by atoms with van der Waals surface area (Å²) < 4.78 is 11.0. The van der Waals surface area contributed by atoms with Gasteiger partial charge in [-0.2, -0.15) is 0 Å². The zero-order chi connectivity index (χ0) is 25.3. The van der Waals surface area contributed by atoms with Crippen LogP contribution in [0.3, 0.4) is 0 Å². The first-order chi connectivity index (χ1) is 16.3. The van der Waals surface area contributed by atoms with Gasteiger partial charge in [0.1, 0.15) is 17.6 Å². The Labute approximate surface area is 201 Å². The quantitative estimate of drug-likeness (QED) is 0.452. The average molecular weight is 472 g/mol. The molecule has 8 nitrogen and oxygen atoms in total. The molecule has 1 aromatic heterocycles. The van der Waals surface area contributed by atoms with Gasteiger partial charge in [-0.05, 0) is 50.3 Å². The first kappa shape index (κ1) is 27.1. The van der Waals surface area contributed by atoms with Crippen LogP contribution in [-0.2, 0) is 22.4 Å². The van der Waals surface area contributed by atoms with Gasteiger partial charge in [0.2, 0.25) is 0 Å². The van der Waals surface area contributed by atoms with E-state index in [0.29, 0.717) is 54.1 Å². The van der Waals surface area contributed by atoms with Crippen LogP contribution in [0.15, 0.2) is 23.0 Å². The highest BCUT2D eigenvalue weighted by Crippen LogP contribution is 2.29. The molecule has 0 aliphatic heterocycles. The zero-order valence-corrected chi connectivity index (χ0v) is 21.1. The Morgan fingerprint density at radius 3 is 2.44 bits per heavy atom. The van der Waals surface area contributed by atoms with Crippen molar-refractivity contribution in [3.63, 3.8) is 0 Å². The van der Waals surface area contributed by atoms with Gasteiger partial charge < -0.3 is 19.8 Å². The van der Waals surface area contributed by atoms with Gasteiger partial charge in [-0.1, -0.05) is 41.0 Å². The van der Waals surface area contributed by atoms with Crippen molar-refractivity contribution in [3.05, 3.63) is 45.4 Å². The number of aryl methyl sites for hydroxylation is 1. The lowest BCUT2D eigenvalue weighted by Crippen LogP contribution is -2.46. The maximum Gasteiger partial charge on any atom is 0.328 e. The van der Waals surface area contributed by atoms with Crippen molar-refractivity contribution in [2.24, 2.45) is 5.92 Å². The average Bonchev–Trinajstić information content (AvgIpc) is 2.84. The molecule has 2 atom stereocenters. The molecule has 2 rings (SSSR count). The molecule has 1 heterocycles. The minimum Gasteiger partial charge on any atom is -0.493 e. The molecule has 1 amide bonds. The molecule has 0 saturated heterocycles. The number of hydrogen-bond acceptors (Lipinski definition) is 6. The fourth-order valence-electron chi connectivity index (χ4n) is 3.65. The summed E-state index contributed by atoms with van der Waals surface area (Å²) in [5.41, 5.74) is 2.03. The third kappa shape index (κ3) is 6.46. The minimum absolute atomic E-state index is 0.0960. The molecule has 0 aliphatic rings. The number of aromatic nitrogens is 2. The van der Waals surface area contributed by atoms with E-state index < -0.39 is 17.9 Å². The molecule has 2 N–H and O–H groups in total. The minimum atomic E-state index is -0.759. The molecule has 8 heteroatoms. The summed E-state index contributed by atoms with van der Waals surface area (Å²) in [6, 6.07) is 4.22. The van der Waals surface area contributed by atoms with E-state index in [9.17, 15) is 14.4 Å². The Bertz CT molecular complexity index is 1050. The maximum absolute atomic E-state index is 13.1. The van der Waals surface area contributed by atoms with E-state index in [2.05, 4.69) is 15.3 Å². The monoisotopic (exact) mass is 471 g/mol. The number of hydrogen-bond donors (Lipinski definition) is 2. The molecule has 2 aromatic rings. The van der Waals surface area contributed by atoms with E-state index in [4.69, 9.17) is 9.47 Å². The van der Waals surface area contributed by atoms with Crippen molar-refractivity contribution in [1.29, 1.82) is 0 Å². The highest BCUT2D eigenvalue weighted by atomic mass is 16.5. The predicted molar refractivity (Wildman–Crippen MR) is 132 cm³/mol. The fraction of sp³-hybridized carbons (Fsp3) is 0.538. The number of carbonyl (C=O) groups is 2. The third-order valence-electron chi connectivity index (χ3n) is 5.79. The summed E-state index contributed by atoms with van der Waals surface area (Å²) in [6.07, 6.45) is 2.70. The maximum atomic E-state index is 13.1. The molecule has 0 aliphatic carbocycles. The molecular formula is C26H37N3O5. The van der Waals surface area contributed by atoms with Gasteiger partial charge in [-0.15, -0.1) is 0 Å². The Balaban J connectivity index is 2.51. The van der Waals surface area contributed by atoms with Crippen molar-refractivity contribution >= 4 is 11.9 Å². The smallest absolute Gasteiger partial charge is 0.328 e. The largest absolute Gasteiger partial charge is 0.493 e. The molecule has 0 radical (unpaired) electrons. The number of amides is 1. The normalized spacial score (nSPS) is 12.6. The lowest BCUT2D eigenvalue weighted by molar-refractivity contribution is -0.146. The van der Waals surface area contributed by atoms with Crippen LogP contribution in [0, 0.1) is 5.92 Å². The zero-order valence-electron chi connectivity index (χ0n) is 21.1. The van der Waals surface area contributed by atoms with Crippen molar-refractivity contribution in [3.8, 4) is 17.1 Å². The van der Waals surface area contributed by atoms with Crippen LogP contribution in [0.4, 0.5) is 0 Å². The SMILES string of the molecule is CCCOc1ccc(C(=O)NC(C(=O)OCC)C(C)CC)cc1-c1nc(CC)c(CC)c(=O)[nH]1. The van der Waals surface area contributed by atoms with Crippen LogP contribution in [0.2, 0.25) is 0 Å². The number of esters is 1. The number of nitrogens with zero attached hydrogens (tertiary/aromatic N) is 1. The van der Waals surface area contributed by atoms with Crippen molar-refractivity contribution < 1.29 is 19.1 Å². The number of nitrogens with one attached hydrogen (secondary N) is 2. The summed E-state index contributed by atoms with van der Waals surface area (Å²) in [5, 5.41) is 2.82. The van der Waals surface area contributed by atoms with Crippen LogP contribution in [0.5, 0.6) is 5.75 Å². The van der Waals surface area contributed by atoms with Crippen molar-refractivity contribution in [2.75, 3.05) is 13.2 Å². The first-order valence-corrected chi connectivity index (χ1v) is 12.2. The standard InChI is InChI=1S/C26H37N3O5/c1-7-14-34-21-13-12-17(24(30)28-22(16(6)8-2)26(32)33-11-5)15-19(21)23-27-20(10-4)18(9-3)25(31)29-23/h12-13,15-16,22H,7-11,14H2,1-6H3,(H,28,30)(H,27,29,31). The second-order valence-electron chi connectivity index (χ2n) is 8.20. The number of benzene rings is 1. The van der Waals surface area contributed by atoms with E-state index in [-0.39, 0.29) is 18.1 Å². The van der Waals surface area contributed by atoms with Gasteiger partial charge in [0.05, 0.1) is 24.5 Å². The predicted octanol–water partition coefficient (Wildman–Crippen LogP) is 4.06. The van der Waals surface area contributed by atoms with Gasteiger partial charge >= 0.3 is 5.97 Å². The summed E-state index contributed by atoms with van der Waals surface area (Å²) >= 11 is 0. The van der Waals surface area contributed by atoms with Gasteiger partial charge in [0.15, 0.2) is 0 Å². The van der Waals surface area contributed by atoms with E-state index in [1.165, 1.54) is 0 Å². The Hall–Kier alpha value is -3.16. The third-order valence-corrected chi connectivity index (χ3v) is 5.79. The highest BCUT2D eigenvalue weighted by Gasteiger charge is 2.28. The molecule has 0 saturated carbocycles. The van der Waals surface area contributed by atoms with Crippen LogP contribution in [0.25, 0.3) is 11.4 Å². The van der Waals surface area contributed by atoms with E-state index in [1.807, 2.05) is 34.6 Å². The van der Waals surface area contributed by atoms with Crippen LogP contribution >= 0.6 is 0 Å². The molecule has 0 spiro atoms. The van der Waals surface area contributed by atoms with Gasteiger partial charge in [-0.25, -0.2) is 9.78 Å². The van der Waals surface area contributed by atoms with Crippen molar-refractivity contribution in [2.45, 2.75) is 73.3 Å². The van der Waals surface area contributed by atoms with Crippen LogP contribution < -0.4 is 15.6 Å². The van der Waals surface area contributed by atoms with Crippen LogP contribution in [-0.4, -0.2) is 41.1 Å². The lowest BCUT2D eigenvalue weighted by atomic mass is 9.98. The molecule has 0 bridgehead atoms. The number of carbonyl (C=O) groups excluding carboxylic acids is 2.